The van der Waals surface area contributed by atoms with E-state index in [9.17, 15) is 8.78 Å². The van der Waals surface area contributed by atoms with Gasteiger partial charge in [0.2, 0.25) is 0 Å². The summed E-state index contributed by atoms with van der Waals surface area (Å²) in [7, 11) is 0. The van der Waals surface area contributed by atoms with Gasteiger partial charge in [0.25, 0.3) is 6.43 Å². The third-order valence-electron chi connectivity index (χ3n) is 2.63. The van der Waals surface area contributed by atoms with Crippen LogP contribution in [0.3, 0.4) is 0 Å². The number of H-pyrrole nitrogens is 1. The van der Waals surface area contributed by atoms with Crippen molar-refractivity contribution in [3.8, 4) is 0 Å². The van der Waals surface area contributed by atoms with Gasteiger partial charge in [-0.3, -0.25) is 0 Å². The summed E-state index contributed by atoms with van der Waals surface area (Å²) in [4.78, 5) is 7.11. The molecule has 5 heteroatoms. The van der Waals surface area contributed by atoms with Crippen LogP contribution in [0.5, 0.6) is 0 Å². The highest BCUT2D eigenvalue weighted by Gasteiger charge is 2.06. The molecule has 0 bridgehead atoms. The van der Waals surface area contributed by atoms with Gasteiger partial charge in [-0.2, -0.15) is 0 Å². The van der Waals surface area contributed by atoms with Crippen LogP contribution in [-0.4, -0.2) is 16.5 Å². The molecule has 3 nitrogen and oxygen atoms in total. The number of alkyl halides is 2. The van der Waals surface area contributed by atoms with Gasteiger partial charge in [0.05, 0.1) is 0 Å². The van der Waals surface area contributed by atoms with Crippen LogP contribution in [0.25, 0.3) is 0 Å². The Labute approximate surface area is 104 Å². The monoisotopic (exact) mass is 251 g/mol. The van der Waals surface area contributed by atoms with Crippen molar-refractivity contribution < 1.29 is 8.78 Å². The SMILES string of the molecule is FC(F)c1cccc(CNCCc2ncc[nH]2)c1. The largest absolute Gasteiger partial charge is 0.349 e. The Hall–Kier alpha value is -1.75. The highest BCUT2D eigenvalue weighted by atomic mass is 19.3. The van der Waals surface area contributed by atoms with Crippen molar-refractivity contribution in [2.45, 2.75) is 19.4 Å². The molecule has 0 unspecified atom stereocenters. The van der Waals surface area contributed by atoms with E-state index in [0.29, 0.717) is 6.54 Å². The summed E-state index contributed by atoms with van der Waals surface area (Å²) in [6.45, 7) is 1.34. The highest BCUT2D eigenvalue weighted by molar-refractivity contribution is 5.24. The first-order valence-electron chi connectivity index (χ1n) is 5.81. The van der Waals surface area contributed by atoms with Crippen LogP contribution in [0.1, 0.15) is 23.4 Å². The molecule has 0 fully saturated rings. The first kappa shape index (κ1) is 12.7. The lowest BCUT2D eigenvalue weighted by Crippen LogP contribution is -2.17. The Morgan fingerprint density at radius 1 is 1.33 bits per heavy atom. The molecule has 1 heterocycles. The van der Waals surface area contributed by atoms with E-state index in [0.717, 1.165) is 24.4 Å². The number of aromatic amines is 1. The van der Waals surface area contributed by atoms with Gasteiger partial charge in [0, 0.05) is 37.5 Å². The Morgan fingerprint density at radius 3 is 2.94 bits per heavy atom. The normalized spacial score (nSPS) is 11.1. The van der Waals surface area contributed by atoms with Crippen molar-refractivity contribution in [1.82, 2.24) is 15.3 Å². The van der Waals surface area contributed by atoms with E-state index in [1.807, 2.05) is 6.07 Å². The predicted octanol–water partition coefficient (Wildman–Crippen LogP) is 2.68. The second kappa shape index (κ2) is 6.26. The zero-order chi connectivity index (χ0) is 12.8. The van der Waals surface area contributed by atoms with Crippen LogP contribution in [0, 0.1) is 0 Å². The first-order valence-corrected chi connectivity index (χ1v) is 5.81. The number of halogens is 2. The fraction of sp³-hybridized carbons (Fsp3) is 0.308. The number of hydrogen-bond donors (Lipinski definition) is 2. The molecule has 0 radical (unpaired) electrons. The van der Waals surface area contributed by atoms with Crippen LogP contribution in [-0.2, 0) is 13.0 Å². The third-order valence-corrected chi connectivity index (χ3v) is 2.63. The number of benzene rings is 1. The highest BCUT2D eigenvalue weighted by Crippen LogP contribution is 2.19. The Kier molecular flexibility index (Phi) is 4.41. The van der Waals surface area contributed by atoms with Crippen LogP contribution in [0.15, 0.2) is 36.7 Å². The van der Waals surface area contributed by atoms with Crippen LogP contribution >= 0.6 is 0 Å². The lowest BCUT2D eigenvalue weighted by molar-refractivity contribution is 0.151. The number of imidazole rings is 1. The van der Waals surface area contributed by atoms with Gasteiger partial charge in [0.1, 0.15) is 5.82 Å². The molecular weight excluding hydrogens is 236 g/mol. The second-order valence-corrected chi connectivity index (χ2v) is 4.01. The standard InChI is InChI=1S/C13H15F2N3/c14-13(15)11-3-1-2-10(8-11)9-16-5-4-12-17-6-7-18-12/h1-3,6-8,13,16H,4-5,9H2,(H,17,18). The van der Waals surface area contributed by atoms with Gasteiger partial charge in [-0.05, 0) is 11.6 Å². The van der Waals surface area contributed by atoms with E-state index in [1.165, 1.54) is 12.1 Å². The summed E-state index contributed by atoms with van der Waals surface area (Å²) in [6, 6.07) is 6.47. The Morgan fingerprint density at radius 2 is 2.22 bits per heavy atom. The van der Waals surface area contributed by atoms with E-state index in [-0.39, 0.29) is 5.56 Å². The smallest absolute Gasteiger partial charge is 0.263 e. The molecule has 0 aliphatic carbocycles. The maximum Gasteiger partial charge on any atom is 0.263 e. The molecule has 0 atom stereocenters. The first-order chi connectivity index (χ1) is 8.75. The maximum absolute atomic E-state index is 12.5. The van der Waals surface area contributed by atoms with E-state index in [1.54, 1.807) is 18.5 Å². The zero-order valence-electron chi connectivity index (χ0n) is 9.87. The van der Waals surface area contributed by atoms with Gasteiger partial charge in [0.15, 0.2) is 0 Å². The second-order valence-electron chi connectivity index (χ2n) is 4.01. The maximum atomic E-state index is 12.5. The van der Waals surface area contributed by atoms with Crippen LogP contribution in [0.4, 0.5) is 8.78 Å². The van der Waals surface area contributed by atoms with Crippen LogP contribution < -0.4 is 5.32 Å². The summed E-state index contributed by atoms with van der Waals surface area (Å²) in [6.07, 6.45) is 1.87. The number of aromatic nitrogens is 2. The van der Waals surface area contributed by atoms with Crippen LogP contribution in [0.2, 0.25) is 0 Å². The van der Waals surface area contributed by atoms with Gasteiger partial charge in [-0.15, -0.1) is 0 Å². The molecule has 18 heavy (non-hydrogen) atoms. The third kappa shape index (κ3) is 3.63. The molecule has 0 spiro atoms. The van der Waals surface area contributed by atoms with Gasteiger partial charge < -0.3 is 10.3 Å². The lowest BCUT2D eigenvalue weighted by Gasteiger charge is -2.06. The molecule has 0 aliphatic rings. The molecule has 1 aromatic heterocycles. The van der Waals surface area contributed by atoms with E-state index < -0.39 is 6.43 Å². The van der Waals surface area contributed by atoms with Crippen molar-refractivity contribution in [1.29, 1.82) is 0 Å². The Bertz CT molecular complexity index is 469. The summed E-state index contributed by atoms with van der Waals surface area (Å²) < 4.78 is 25.0. The fourth-order valence-electron chi connectivity index (χ4n) is 1.71. The average molecular weight is 251 g/mol. The topological polar surface area (TPSA) is 40.7 Å². The minimum Gasteiger partial charge on any atom is -0.349 e. The summed E-state index contributed by atoms with van der Waals surface area (Å²) >= 11 is 0. The molecule has 0 saturated carbocycles. The lowest BCUT2D eigenvalue weighted by atomic mass is 10.1. The Balaban J connectivity index is 1.78. The fourth-order valence-corrected chi connectivity index (χ4v) is 1.71. The minimum atomic E-state index is -2.41. The average Bonchev–Trinajstić information content (AvgIpc) is 2.88. The molecular formula is C13H15F2N3. The van der Waals surface area contributed by atoms with Crippen molar-refractivity contribution in [3.05, 3.63) is 53.6 Å². The van der Waals surface area contributed by atoms with Crippen molar-refractivity contribution in [3.63, 3.8) is 0 Å². The molecule has 2 rings (SSSR count). The molecule has 0 aliphatic heterocycles. The van der Waals surface area contributed by atoms with Crippen molar-refractivity contribution >= 4 is 0 Å². The molecule has 1 aromatic carbocycles. The van der Waals surface area contributed by atoms with Gasteiger partial charge >= 0.3 is 0 Å². The number of nitrogens with one attached hydrogen (secondary N) is 2. The summed E-state index contributed by atoms with van der Waals surface area (Å²) in [5, 5.41) is 3.20. The number of hydrogen-bond acceptors (Lipinski definition) is 2. The number of nitrogens with zero attached hydrogens (tertiary/aromatic N) is 1. The molecule has 0 amide bonds. The zero-order valence-corrected chi connectivity index (χ0v) is 9.87. The molecule has 96 valence electrons. The minimum absolute atomic E-state index is 0.0698. The van der Waals surface area contributed by atoms with Gasteiger partial charge in [-0.1, -0.05) is 18.2 Å². The van der Waals surface area contributed by atoms with Crippen molar-refractivity contribution in [2.24, 2.45) is 0 Å². The van der Waals surface area contributed by atoms with E-state index in [4.69, 9.17) is 0 Å². The molecule has 0 saturated heterocycles. The summed E-state index contributed by atoms with van der Waals surface area (Å²) in [5.41, 5.74) is 0.938. The molecule has 2 N–H and O–H groups in total. The van der Waals surface area contributed by atoms with Crippen molar-refractivity contribution in [2.75, 3.05) is 6.54 Å². The molecule has 2 aromatic rings. The van der Waals surface area contributed by atoms with E-state index >= 15 is 0 Å². The predicted molar refractivity (Wildman–Crippen MR) is 65.4 cm³/mol. The number of rotatable bonds is 6. The van der Waals surface area contributed by atoms with Gasteiger partial charge in [-0.25, -0.2) is 13.8 Å². The van der Waals surface area contributed by atoms with E-state index in [2.05, 4.69) is 15.3 Å². The summed E-state index contributed by atoms with van der Waals surface area (Å²) in [5.74, 6) is 0.920. The quantitative estimate of drug-likeness (QED) is 0.775.